The number of nitriles is 1. The lowest BCUT2D eigenvalue weighted by Crippen LogP contribution is -2.18. The van der Waals surface area contributed by atoms with Gasteiger partial charge in [0.05, 0.1) is 11.3 Å². The van der Waals surface area contributed by atoms with E-state index < -0.39 is 17.2 Å². The van der Waals surface area contributed by atoms with E-state index in [4.69, 9.17) is 16.9 Å². The number of anilines is 1. The van der Waals surface area contributed by atoms with Gasteiger partial charge in [-0.2, -0.15) is 23.5 Å². The van der Waals surface area contributed by atoms with Gasteiger partial charge in [-0.05, 0) is 18.2 Å². The van der Waals surface area contributed by atoms with E-state index in [1.807, 2.05) is 5.43 Å². The highest BCUT2D eigenvalue weighted by atomic mass is 35.5. The molecule has 0 spiro atoms. The molecular weight excluding hydrogens is 262 g/mol. The van der Waals surface area contributed by atoms with Gasteiger partial charge in [-0.3, -0.25) is 5.43 Å². The molecule has 0 saturated carbocycles. The molecule has 0 fully saturated rings. The first kappa shape index (κ1) is 13.3. The number of halogens is 5. The topological polar surface area (TPSA) is 48.2 Å². The van der Waals surface area contributed by atoms with E-state index in [1.165, 1.54) is 6.07 Å². The predicted octanol–water partition coefficient (Wildman–Crippen LogP) is 3.22. The van der Waals surface area contributed by atoms with Crippen LogP contribution in [0.1, 0.15) is 5.56 Å². The fraction of sp³-hybridized carbons (Fsp3) is 0.111. The average Bonchev–Trinajstić information content (AvgIpc) is 2.26. The number of hydrogen-bond donors (Lipinski definition) is 1. The summed E-state index contributed by atoms with van der Waals surface area (Å²) in [4.78, 5) is 0. The van der Waals surface area contributed by atoms with Crippen molar-refractivity contribution >= 4 is 22.5 Å². The van der Waals surface area contributed by atoms with Gasteiger partial charge in [-0.1, -0.05) is 11.6 Å². The smallest absolute Gasteiger partial charge is 0.277 e. The molecule has 0 saturated heterocycles. The molecular formula is C9H4ClF4N3. The molecule has 1 N–H and O–H groups in total. The molecule has 0 bridgehead atoms. The molecule has 17 heavy (non-hydrogen) atoms. The number of alkyl halides is 3. The third kappa shape index (κ3) is 3.60. The zero-order valence-electron chi connectivity index (χ0n) is 8.02. The molecule has 3 nitrogen and oxygen atoms in total. The van der Waals surface area contributed by atoms with Crippen molar-refractivity contribution in [3.8, 4) is 6.07 Å². The van der Waals surface area contributed by atoms with Gasteiger partial charge < -0.3 is 0 Å². The minimum Gasteiger partial charge on any atom is -0.277 e. The third-order valence-electron chi connectivity index (χ3n) is 1.60. The lowest BCUT2D eigenvalue weighted by Gasteiger charge is -2.05. The Bertz CT molecular complexity index is 490. The maximum absolute atomic E-state index is 12.9. The summed E-state index contributed by atoms with van der Waals surface area (Å²) in [5.41, 5.74) is 1.68. The van der Waals surface area contributed by atoms with E-state index in [2.05, 4.69) is 5.10 Å². The first-order valence-corrected chi connectivity index (χ1v) is 4.48. The second-order valence-corrected chi connectivity index (χ2v) is 3.18. The number of rotatable bonds is 2. The molecule has 0 heterocycles. The van der Waals surface area contributed by atoms with Gasteiger partial charge in [0.2, 0.25) is 5.17 Å². The molecule has 0 aliphatic carbocycles. The largest absolute Gasteiger partial charge is 0.446 e. The summed E-state index contributed by atoms with van der Waals surface area (Å²) in [5, 5.41) is 9.74. The number of nitrogens with zero attached hydrogens (tertiary/aromatic N) is 2. The maximum Gasteiger partial charge on any atom is 0.446 e. The first-order chi connectivity index (χ1) is 7.84. The Balaban J connectivity index is 2.88. The molecule has 1 rings (SSSR count). The van der Waals surface area contributed by atoms with Gasteiger partial charge in [-0.25, -0.2) is 4.39 Å². The van der Waals surface area contributed by atoms with Crippen LogP contribution in [0, 0.1) is 17.1 Å². The van der Waals surface area contributed by atoms with Crippen LogP contribution in [0.5, 0.6) is 0 Å². The fourth-order valence-corrected chi connectivity index (χ4v) is 0.900. The zero-order valence-corrected chi connectivity index (χ0v) is 8.77. The summed E-state index contributed by atoms with van der Waals surface area (Å²) in [6.45, 7) is 0. The quantitative estimate of drug-likeness (QED) is 0.507. The van der Waals surface area contributed by atoms with Gasteiger partial charge in [0.15, 0.2) is 0 Å². The van der Waals surface area contributed by atoms with E-state index in [0.29, 0.717) is 0 Å². The number of hydrazone groups is 1. The highest BCUT2D eigenvalue weighted by Crippen LogP contribution is 2.20. The summed E-state index contributed by atoms with van der Waals surface area (Å²) >= 11 is 4.84. The van der Waals surface area contributed by atoms with Crippen molar-refractivity contribution in [1.82, 2.24) is 0 Å². The van der Waals surface area contributed by atoms with Crippen LogP contribution in [0.3, 0.4) is 0 Å². The predicted molar refractivity (Wildman–Crippen MR) is 54.1 cm³/mol. The van der Waals surface area contributed by atoms with Gasteiger partial charge in [0, 0.05) is 0 Å². The van der Waals surface area contributed by atoms with Crippen LogP contribution in [0.25, 0.3) is 0 Å². The Morgan fingerprint density at radius 3 is 2.59 bits per heavy atom. The highest BCUT2D eigenvalue weighted by molar-refractivity contribution is 6.66. The SMILES string of the molecule is N#Cc1cc(N/N=C(\Cl)C(F)(F)F)ccc1F. The van der Waals surface area contributed by atoms with E-state index in [1.54, 1.807) is 0 Å². The Hall–Kier alpha value is -1.81. The van der Waals surface area contributed by atoms with Crippen molar-refractivity contribution in [2.24, 2.45) is 5.10 Å². The molecule has 0 aliphatic rings. The molecule has 0 unspecified atom stereocenters. The summed E-state index contributed by atoms with van der Waals surface area (Å²) in [5.74, 6) is -0.774. The Labute approximate surface area is 98.3 Å². The van der Waals surface area contributed by atoms with Crippen LogP contribution in [0.15, 0.2) is 23.3 Å². The molecule has 0 atom stereocenters. The minimum atomic E-state index is -4.76. The average molecular weight is 266 g/mol. The van der Waals surface area contributed by atoms with E-state index in [0.717, 1.165) is 18.2 Å². The zero-order chi connectivity index (χ0) is 13.1. The normalized spacial score (nSPS) is 12.1. The van der Waals surface area contributed by atoms with Crippen molar-refractivity contribution in [2.45, 2.75) is 6.18 Å². The second kappa shape index (κ2) is 5.01. The van der Waals surface area contributed by atoms with E-state index in [-0.39, 0.29) is 11.3 Å². The van der Waals surface area contributed by atoms with Crippen molar-refractivity contribution in [3.05, 3.63) is 29.6 Å². The summed E-state index contributed by atoms with van der Waals surface area (Å²) in [6, 6.07) is 4.60. The number of hydrogen-bond acceptors (Lipinski definition) is 3. The second-order valence-electron chi connectivity index (χ2n) is 2.82. The summed E-state index contributed by atoms with van der Waals surface area (Å²) in [6.07, 6.45) is -4.76. The van der Waals surface area contributed by atoms with Crippen LogP contribution >= 0.6 is 11.6 Å². The van der Waals surface area contributed by atoms with Gasteiger partial charge >= 0.3 is 6.18 Å². The van der Waals surface area contributed by atoms with Crippen LogP contribution in [-0.2, 0) is 0 Å². The molecule has 0 radical (unpaired) electrons. The first-order valence-electron chi connectivity index (χ1n) is 4.10. The Morgan fingerprint density at radius 1 is 1.41 bits per heavy atom. The molecule has 0 aromatic heterocycles. The highest BCUT2D eigenvalue weighted by Gasteiger charge is 2.34. The third-order valence-corrected chi connectivity index (χ3v) is 1.90. The Morgan fingerprint density at radius 2 is 2.06 bits per heavy atom. The van der Waals surface area contributed by atoms with Crippen LogP contribution < -0.4 is 5.43 Å². The van der Waals surface area contributed by atoms with Crippen molar-refractivity contribution < 1.29 is 17.6 Å². The molecule has 8 heteroatoms. The number of nitrogens with one attached hydrogen (secondary N) is 1. The lowest BCUT2D eigenvalue weighted by molar-refractivity contribution is -0.0559. The summed E-state index contributed by atoms with van der Waals surface area (Å²) in [7, 11) is 0. The lowest BCUT2D eigenvalue weighted by atomic mass is 10.2. The van der Waals surface area contributed by atoms with Gasteiger partial charge in [-0.15, -0.1) is 0 Å². The van der Waals surface area contributed by atoms with E-state index >= 15 is 0 Å². The Kier molecular flexibility index (Phi) is 3.91. The molecule has 0 aliphatic heterocycles. The monoisotopic (exact) mass is 265 g/mol. The molecule has 0 amide bonds. The van der Waals surface area contributed by atoms with Crippen molar-refractivity contribution in [2.75, 3.05) is 5.43 Å². The maximum atomic E-state index is 12.9. The van der Waals surface area contributed by atoms with Crippen LogP contribution in [0.4, 0.5) is 23.2 Å². The molecule has 1 aromatic rings. The van der Waals surface area contributed by atoms with Gasteiger partial charge in [0.25, 0.3) is 0 Å². The molecule has 1 aromatic carbocycles. The van der Waals surface area contributed by atoms with Crippen LogP contribution in [-0.4, -0.2) is 11.3 Å². The minimum absolute atomic E-state index is 0.0188. The van der Waals surface area contributed by atoms with Crippen molar-refractivity contribution in [3.63, 3.8) is 0 Å². The standard InChI is InChI=1S/C9H4ClF4N3/c10-8(9(12,13)14)17-16-6-1-2-7(11)5(3-6)4-15/h1-3,16H/b17-8-. The van der Waals surface area contributed by atoms with Crippen molar-refractivity contribution in [1.29, 1.82) is 5.26 Å². The van der Waals surface area contributed by atoms with Crippen LogP contribution in [0.2, 0.25) is 0 Å². The molecule has 90 valence electrons. The summed E-state index contributed by atoms with van der Waals surface area (Å²) < 4.78 is 48.7. The van der Waals surface area contributed by atoms with E-state index in [9.17, 15) is 17.6 Å². The number of benzene rings is 1. The fourth-order valence-electron chi connectivity index (χ4n) is 0.858. The van der Waals surface area contributed by atoms with Gasteiger partial charge in [0.1, 0.15) is 11.9 Å².